The fraction of sp³-hybridized carbons (Fsp3) is 0.500. The van der Waals surface area contributed by atoms with Gasteiger partial charge in [0.15, 0.2) is 0 Å². The standard InChI is InChI=1S/C16H22N2O3/c1-12(16(20)17-10-11-21-2)18-14-8-4-3-6-13(14)7-5-9-15(18)19/h3-4,6,8,12H,5,7,9-11H2,1-2H3,(H,17,20). The van der Waals surface area contributed by atoms with Crippen molar-refractivity contribution in [2.24, 2.45) is 0 Å². The van der Waals surface area contributed by atoms with Crippen LogP contribution in [0.1, 0.15) is 25.3 Å². The van der Waals surface area contributed by atoms with Gasteiger partial charge in [-0.2, -0.15) is 0 Å². The van der Waals surface area contributed by atoms with Gasteiger partial charge in [-0.15, -0.1) is 0 Å². The predicted octanol–water partition coefficient (Wildman–Crippen LogP) is 1.51. The highest BCUT2D eigenvalue weighted by atomic mass is 16.5. The maximum Gasteiger partial charge on any atom is 0.242 e. The second-order valence-electron chi connectivity index (χ2n) is 5.21. The maximum absolute atomic E-state index is 12.4. The Kier molecular flexibility index (Phi) is 5.33. The summed E-state index contributed by atoms with van der Waals surface area (Å²) >= 11 is 0. The number of para-hydroxylation sites is 1. The summed E-state index contributed by atoms with van der Waals surface area (Å²) in [6.07, 6.45) is 2.17. The van der Waals surface area contributed by atoms with Crippen LogP contribution in [-0.2, 0) is 20.7 Å². The van der Waals surface area contributed by atoms with Crippen LogP contribution in [-0.4, -0.2) is 38.1 Å². The van der Waals surface area contributed by atoms with E-state index in [0.717, 1.165) is 24.1 Å². The van der Waals surface area contributed by atoms with E-state index >= 15 is 0 Å². The first-order valence-corrected chi connectivity index (χ1v) is 7.31. The third-order valence-corrected chi connectivity index (χ3v) is 3.73. The van der Waals surface area contributed by atoms with Crippen LogP contribution < -0.4 is 10.2 Å². The molecule has 1 atom stereocenters. The topological polar surface area (TPSA) is 58.6 Å². The monoisotopic (exact) mass is 290 g/mol. The van der Waals surface area contributed by atoms with Gasteiger partial charge in [0.25, 0.3) is 0 Å². The van der Waals surface area contributed by atoms with Crippen LogP contribution in [0.15, 0.2) is 24.3 Å². The van der Waals surface area contributed by atoms with Crippen molar-refractivity contribution < 1.29 is 14.3 Å². The highest BCUT2D eigenvalue weighted by Gasteiger charge is 2.30. The normalized spacial score (nSPS) is 16.1. The summed E-state index contributed by atoms with van der Waals surface area (Å²) in [4.78, 5) is 26.2. The van der Waals surface area contributed by atoms with E-state index in [9.17, 15) is 9.59 Å². The molecule has 1 aliphatic heterocycles. The van der Waals surface area contributed by atoms with Crippen molar-refractivity contribution in [3.8, 4) is 0 Å². The summed E-state index contributed by atoms with van der Waals surface area (Å²) in [6, 6.07) is 7.29. The molecular weight excluding hydrogens is 268 g/mol. The van der Waals surface area contributed by atoms with Crippen LogP contribution in [0, 0.1) is 0 Å². The number of fused-ring (bicyclic) bond motifs is 1. The second-order valence-corrected chi connectivity index (χ2v) is 5.21. The SMILES string of the molecule is COCCNC(=O)C(C)N1C(=O)CCCc2ccccc21. The maximum atomic E-state index is 12.4. The number of anilines is 1. The van der Waals surface area contributed by atoms with E-state index in [1.54, 1.807) is 18.9 Å². The lowest BCUT2D eigenvalue weighted by atomic mass is 10.1. The Balaban J connectivity index is 2.19. The lowest BCUT2D eigenvalue weighted by molar-refractivity contribution is -0.126. The zero-order valence-corrected chi connectivity index (χ0v) is 12.6. The molecule has 114 valence electrons. The fourth-order valence-electron chi connectivity index (χ4n) is 2.61. The molecule has 1 N–H and O–H groups in total. The van der Waals surface area contributed by atoms with Crippen LogP contribution in [0.2, 0.25) is 0 Å². The number of nitrogens with zero attached hydrogens (tertiary/aromatic N) is 1. The molecule has 1 aromatic rings. The van der Waals surface area contributed by atoms with Crippen molar-refractivity contribution in [3.63, 3.8) is 0 Å². The molecule has 1 unspecified atom stereocenters. The number of benzene rings is 1. The summed E-state index contributed by atoms with van der Waals surface area (Å²) in [6.45, 7) is 2.68. The largest absolute Gasteiger partial charge is 0.383 e. The van der Waals surface area contributed by atoms with E-state index < -0.39 is 6.04 Å². The molecule has 0 fully saturated rings. The van der Waals surface area contributed by atoms with Crippen LogP contribution in [0.25, 0.3) is 0 Å². The molecule has 21 heavy (non-hydrogen) atoms. The lowest BCUT2D eigenvalue weighted by Gasteiger charge is -2.28. The number of aryl methyl sites for hydroxylation is 1. The van der Waals surface area contributed by atoms with Gasteiger partial charge in [0.2, 0.25) is 11.8 Å². The van der Waals surface area contributed by atoms with E-state index in [2.05, 4.69) is 5.32 Å². The van der Waals surface area contributed by atoms with E-state index in [-0.39, 0.29) is 11.8 Å². The molecule has 2 rings (SSSR count). The molecule has 0 spiro atoms. The summed E-state index contributed by atoms with van der Waals surface area (Å²) in [5.74, 6) is -0.147. The van der Waals surface area contributed by atoms with Crippen LogP contribution in [0.5, 0.6) is 0 Å². The van der Waals surface area contributed by atoms with Crippen molar-refractivity contribution in [1.82, 2.24) is 5.32 Å². The molecule has 0 bridgehead atoms. The van der Waals surface area contributed by atoms with Crippen molar-refractivity contribution in [3.05, 3.63) is 29.8 Å². The Morgan fingerprint density at radius 1 is 1.38 bits per heavy atom. The third kappa shape index (κ3) is 3.61. The zero-order valence-electron chi connectivity index (χ0n) is 12.6. The molecule has 1 heterocycles. The minimum Gasteiger partial charge on any atom is -0.383 e. The highest BCUT2D eigenvalue weighted by Crippen LogP contribution is 2.28. The van der Waals surface area contributed by atoms with Crippen LogP contribution in [0.3, 0.4) is 0 Å². The molecule has 1 aromatic carbocycles. The van der Waals surface area contributed by atoms with Crippen LogP contribution >= 0.6 is 0 Å². The Bertz CT molecular complexity index is 516. The van der Waals surface area contributed by atoms with E-state index in [1.165, 1.54) is 0 Å². The first-order valence-electron chi connectivity index (χ1n) is 7.31. The van der Waals surface area contributed by atoms with Gasteiger partial charge in [-0.1, -0.05) is 18.2 Å². The number of carbonyl (C=O) groups excluding carboxylic acids is 2. The number of rotatable bonds is 5. The Morgan fingerprint density at radius 2 is 2.14 bits per heavy atom. The van der Waals surface area contributed by atoms with Crippen molar-refractivity contribution in [2.75, 3.05) is 25.2 Å². The summed E-state index contributed by atoms with van der Waals surface area (Å²) < 4.78 is 4.92. The molecule has 0 radical (unpaired) electrons. The smallest absolute Gasteiger partial charge is 0.242 e. The molecule has 0 saturated carbocycles. The Labute approximate surface area is 125 Å². The summed E-state index contributed by atoms with van der Waals surface area (Å²) in [5.41, 5.74) is 1.98. The Hall–Kier alpha value is -1.88. The second kappa shape index (κ2) is 7.22. The molecule has 0 aromatic heterocycles. The molecule has 2 amide bonds. The van der Waals surface area contributed by atoms with Gasteiger partial charge in [0, 0.05) is 25.8 Å². The first-order chi connectivity index (χ1) is 10.1. The third-order valence-electron chi connectivity index (χ3n) is 3.73. The Morgan fingerprint density at radius 3 is 2.90 bits per heavy atom. The molecule has 1 aliphatic rings. The van der Waals surface area contributed by atoms with Gasteiger partial charge in [0.1, 0.15) is 6.04 Å². The number of amides is 2. The van der Waals surface area contributed by atoms with Gasteiger partial charge in [-0.05, 0) is 31.4 Å². The quantitative estimate of drug-likeness (QED) is 0.836. The number of hydrogen-bond donors (Lipinski definition) is 1. The minimum atomic E-state index is -0.520. The lowest BCUT2D eigenvalue weighted by Crippen LogP contribution is -2.48. The van der Waals surface area contributed by atoms with Crippen molar-refractivity contribution in [1.29, 1.82) is 0 Å². The number of carbonyl (C=O) groups is 2. The molecule has 5 heteroatoms. The first kappa shape index (κ1) is 15.5. The summed E-state index contributed by atoms with van der Waals surface area (Å²) in [5, 5.41) is 2.79. The van der Waals surface area contributed by atoms with E-state index in [4.69, 9.17) is 4.74 Å². The number of ether oxygens (including phenoxy) is 1. The molecule has 5 nitrogen and oxygen atoms in total. The van der Waals surface area contributed by atoms with Crippen molar-refractivity contribution >= 4 is 17.5 Å². The predicted molar refractivity (Wildman–Crippen MR) is 81.2 cm³/mol. The van der Waals surface area contributed by atoms with Crippen molar-refractivity contribution in [2.45, 2.75) is 32.2 Å². The molecule has 0 aliphatic carbocycles. The fourth-order valence-corrected chi connectivity index (χ4v) is 2.61. The van der Waals surface area contributed by atoms with Gasteiger partial charge in [-0.25, -0.2) is 0 Å². The zero-order chi connectivity index (χ0) is 15.2. The van der Waals surface area contributed by atoms with Gasteiger partial charge in [-0.3, -0.25) is 14.5 Å². The summed E-state index contributed by atoms with van der Waals surface area (Å²) in [7, 11) is 1.59. The molecule has 0 saturated heterocycles. The van der Waals surface area contributed by atoms with Gasteiger partial charge >= 0.3 is 0 Å². The average Bonchev–Trinajstić information content (AvgIpc) is 2.65. The van der Waals surface area contributed by atoms with E-state index in [0.29, 0.717) is 19.6 Å². The minimum absolute atomic E-state index is 0.00865. The number of methoxy groups -OCH3 is 1. The number of hydrogen-bond acceptors (Lipinski definition) is 3. The molecular formula is C16H22N2O3. The van der Waals surface area contributed by atoms with E-state index in [1.807, 2.05) is 24.3 Å². The van der Waals surface area contributed by atoms with Gasteiger partial charge in [0.05, 0.1) is 6.61 Å². The highest BCUT2D eigenvalue weighted by molar-refractivity contribution is 6.01. The number of nitrogens with one attached hydrogen (secondary N) is 1. The van der Waals surface area contributed by atoms with Crippen LogP contribution in [0.4, 0.5) is 5.69 Å². The average molecular weight is 290 g/mol. The van der Waals surface area contributed by atoms with Gasteiger partial charge < -0.3 is 10.1 Å².